The van der Waals surface area contributed by atoms with Crippen molar-refractivity contribution < 1.29 is 9.53 Å². The topological polar surface area (TPSA) is 64.3 Å². The van der Waals surface area contributed by atoms with Crippen LogP contribution in [-0.4, -0.2) is 30.7 Å². The first-order chi connectivity index (χ1) is 5.75. The van der Waals surface area contributed by atoms with Crippen molar-refractivity contribution in [3.63, 3.8) is 0 Å². The van der Waals surface area contributed by atoms with Crippen LogP contribution in [0.2, 0.25) is 0 Å². The Kier molecular flexibility index (Phi) is 3.88. The van der Waals surface area contributed by atoms with E-state index >= 15 is 0 Å². The molecule has 0 aromatic rings. The minimum Gasteiger partial charge on any atom is -0.369 e. The molecule has 13 heavy (non-hydrogen) atoms. The van der Waals surface area contributed by atoms with E-state index in [0.717, 1.165) is 0 Å². The molecular formula is C9H20N2O2. The highest BCUT2D eigenvalue weighted by molar-refractivity contribution is 5.84. The SMILES string of the molecule is COC(C)(C)C(=O)NC(C)(C)CN. The molecule has 0 saturated heterocycles. The van der Waals surface area contributed by atoms with Crippen molar-refractivity contribution in [2.75, 3.05) is 13.7 Å². The molecule has 0 atom stereocenters. The second kappa shape index (κ2) is 4.07. The average Bonchev–Trinajstić information content (AvgIpc) is 2.04. The van der Waals surface area contributed by atoms with E-state index in [0.29, 0.717) is 6.54 Å². The van der Waals surface area contributed by atoms with Crippen LogP contribution in [0.3, 0.4) is 0 Å². The van der Waals surface area contributed by atoms with Gasteiger partial charge in [-0.2, -0.15) is 0 Å². The van der Waals surface area contributed by atoms with Crippen LogP contribution >= 0.6 is 0 Å². The summed E-state index contributed by atoms with van der Waals surface area (Å²) in [6.45, 7) is 7.58. The minimum absolute atomic E-state index is 0.148. The molecule has 0 aliphatic carbocycles. The Morgan fingerprint density at radius 2 is 1.85 bits per heavy atom. The maximum absolute atomic E-state index is 11.6. The molecule has 0 aliphatic heterocycles. The molecule has 0 rings (SSSR count). The van der Waals surface area contributed by atoms with Gasteiger partial charge in [0, 0.05) is 19.2 Å². The second-order valence-corrected chi connectivity index (χ2v) is 4.26. The van der Waals surface area contributed by atoms with Gasteiger partial charge < -0.3 is 15.8 Å². The summed E-state index contributed by atoms with van der Waals surface area (Å²) in [6.07, 6.45) is 0. The second-order valence-electron chi connectivity index (χ2n) is 4.26. The summed E-state index contributed by atoms with van der Waals surface area (Å²) in [7, 11) is 1.51. The number of carbonyl (C=O) groups excluding carboxylic acids is 1. The highest BCUT2D eigenvalue weighted by Gasteiger charge is 2.30. The molecule has 78 valence electrons. The van der Waals surface area contributed by atoms with Crippen molar-refractivity contribution in [3.8, 4) is 0 Å². The fourth-order valence-electron chi connectivity index (χ4n) is 0.602. The third-order valence-corrected chi connectivity index (χ3v) is 2.02. The van der Waals surface area contributed by atoms with Gasteiger partial charge in [-0.3, -0.25) is 4.79 Å². The van der Waals surface area contributed by atoms with Crippen LogP contribution in [0.25, 0.3) is 0 Å². The number of methoxy groups -OCH3 is 1. The maximum atomic E-state index is 11.6. The van der Waals surface area contributed by atoms with Gasteiger partial charge in [0.2, 0.25) is 0 Å². The Labute approximate surface area is 79.8 Å². The molecule has 0 aromatic carbocycles. The summed E-state index contributed by atoms with van der Waals surface area (Å²) < 4.78 is 5.04. The predicted octanol–water partition coefficient (Wildman–Crippen LogP) is 0.265. The lowest BCUT2D eigenvalue weighted by Gasteiger charge is -2.30. The lowest BCUT2D eigenvalue weighted by molar-refractivity contribution is -0.141. The van der Waals surface area contributed by atoms with E-state index in [2.05, 4.69) is 5.32 Å². The number of carbonyl (C=O) groups is 1. The molecule has 0 aliphatic rings. The molecule has 3 N–H and O–H groups in total. The fraction of sp³-hybridized carbons (Fsp3) is 0.889. The molecule has 0 fully saturated rings. The van der Waals surface area contributed by atoms with Crippen molar-refractivity contribution in [2.24, 2.45) is 5.73 Å². The smallest absolute Gasteiger partial charge is 0.252 e. The molecular weight excluding hydrogens is 168 g/mol. The van der Waals surface area contributed by atoms with E-state index < -0.39 is 5.60 Å². The Morgan fingerprint density at radius 3 is 2.15 bits per heavy atom. The Balaban J connectivity index is 4.31. The molecule has 1 amide bonds. The molecule has 0 saturated carbocycles. The Hall–Kier alpha value is -0.610. The van der Waals surface area contributed by atoms with Gasteiger partial charge in [0.25, 0.3) is 5.91 Å². The largest absolute Gasteiger partial charge is 0.369 e. The summed E-state index contributed by atoms with van der Waals surface area (Å²) in [4.78, 5) is 11.6. The first-order valence-electron chi connectivity index (χ1n) is 4.33. The molecule has 4 heteroatoms. The minimum atomic E-state index is -0.799. The van der Waals surface area contributed by atoms with Crippen molar-refractivity contribution in [1.82, 2.24) is 5.32 Å². The molecule has 0 spiro atoms. The van der Waals surface area contributed by atoms with Gasteiger partial charge in [-0.15, -0.1) is 0 Å². The quantitative estimate of drug-likeness (QED) is 0.665. The van der Waals surface area contributed by atoms with Crippen LogP contribution in [0.4, 0.5) is 0 Å². The van der Waals surface area contributed by atoms with E-state index in [4.69, 9.17) is 10.5 Å². The highest BCUT2D eigenvalue weighted by Crippen LogP contribution is 2.09. The van der Waals surface area contributed by atoms with E-state index in [-0.39, 0.29) is 11.4 Å². The van der Waals surface area contributed by atoms with Gasteiger partial charge in [-0.1, -0.05) is 0 Å². The zero-order valence-corrected chi connectivity index (χ0v) is 9.10. The highest BCUT2D eigenvalue weighted by atomic mass is 16.5. The van der Waals surface area contributed by atoms with Gasteiger partial charge in [-0.25, -0.2) is 0 Å². The lowest BCUT2D eigenvalue weighted by Crippen LogP contribution is -2.55. The maximum Gasteiger partial charge on any atom is 0.252 e. The van der Waals surface area contributed by atoms with E-state index in [1.54, 1.807) is 13.8 Å². The van der Waals surface area contributed by atoms with Crippen LogP contribution in [0.5, 0.6) is 0 Å². The van der Waals surface area contributed by atoms with Crippen molar-refractivity contribution in [3.05, 3.63) is 0 Å². The van der Waals surface area contributed by atoms with E-state index in [1.807, 2.05) is 13.8 Å². The van der Waals surface area contributed by atoms with Crippen LogP contribution in [0, 0.1) is 0 Å². The number of nitrogens with one attached hydrogen (secondary N) is 1. The molecule has 4 nitrogen and oxygen atoms in total. The number of rotatable bonds is 4. The molecule has 0 aromatic heterocycles. The first-order valence-corrected chi connectivity index (χ1v) is 4.33. The van der Waals surface area contributed by atoms with Crippen molar-refractivity contribution in [2.45, 2.75) is 38.8 Å². The summed E-state index contributed by atoms with van der Waals surface area (Å²) in [6, 6.07) is 0. The summed E-state index contributed by atoms with van der Waals surface area (Å²) >= 11 is 0. The van der Waals surface area contributed by atoms with Gasteiger partial charge in [0.15, 0.2) is 0 Å². The first kappa shape index (κ1) is 12.4. The Bertz CT molecular complexity index is 188. The number of ether oxygens (including phenoxy) is 1. The molecule has 0 heterocycles. The molecule has 0 radical (unpaired) electrons. The standard InChI is InChI=1S/C9H20N2O2/c1-8(2,6-10)11-7(12)9(3,4)13-5/h6,10H2,1-5H3,(H,11,12). The number of nitrogens with two attached hydrogens (primary N) is 1. The normalized spacial score (nSPS) is 12.8. The van der Waals surface area contributed by atoms with Crippen LogP contribution < -0.4 is 11.1 Å². The third kappa shape index (κ3) is 3.74. The third-order valence-electron chi connectivity index (χ3n) is 2.02. The summed E-state index contributed by atoms with van der Waals surface area (Å²) in [5, 5.41) is 2.81. The zero-order valence-electron chi connectivity index (χ0n) is 9.10. The zero-order chi connectivity index (χ0) is 10.7. The predicted molar refractivity (Wildman–Crippen MR) is 52.4 cm³/mol. The van der Waals surface area contributed by atoms with Gasteiger partial charge >= 0.3 is 0 Å². The molecule has 0 unspecified atom stereocenters. The fourth-order valence-corrected chi connectivity index (χ4v) is 0.602. The van der Waals surface area contributed by atoms with Gasteiger partial charge in [0.1, 0.15) is 5.60 Å². The van der Waals surface area contributed by atoms with E-state index in [1.165, 1.54) is 7.11 Å². The van der Waals surface area contributed by atoms with Crippen molar-refractivity contribution >= 4 is 5.91 Å². The van der Waals surface area contributed by atoms with Crippen LogP contribution in [-0.2, 0) is 9.53 Å². The summed E-state index contributed by atoms with van der Waals surface area (Å²) in [5.41, 5.74) is 4.30. The van der Waals surface area contributed by atoms with Gasteiger partial charge in [0.05, 0.1) is 0 Å². The number of hydrogen-bond donors (Lipinski definition) is 2. The average molecular weight is 188 g/mol. The summed E-state index contributed by atoms with van der Waals surface area (Å²) in [5.74, 6) is -0.148. The number of amides is 1. The lowest BCUT2D eigenvalue weighted by atomic mass is 10.0. The monoisotopic (exact) mass is 188 g/mol. The van der Waals surface area contributed by atoms with Gasteiger partial charge in [-0.05, 0) is 27.7 Å². The Morgan fingerprint density at radius 1 is 1.38 bits per heavy atom. The van der Waals surface area contributed by atoms with Crippen LogP contribution in [0.1, 0.15) is 27.7 Å². The van der Waals surface area contributed by atoms with Crippen molar-refractivity contribution in [1.29, 1.82) is 0 Å². The molecule has 0 bridgehead atoms. The van der Waals surface area contributed by atoms with E-state index in [9.17, 15) is 4.79 Å². The number of hydrogen-bond acceptors (Lipinski definition) is 3. The van der Waals surface area contributed by atoms with Crippen LogP contribution in [0.15, 0.2) is 0 Å².